The standard InChI is InChI=1S/C35H36N4O3/c40-35(39-17-5-7-26(39)21-38-15-3-4-16-38)29-20-34(36-30-12-9-23-6-1-2-8-27(23)30)37-31-13-10-24(18-28(29)31)25-11-14-32-33(19-25)42-22-41-32/h1-2,6,8,10-11,13-14,18-20,26,30H,3-5,7,9,12,15-17,21-22H2,(H,36,37)/t26-,30-/m0/s1. The molecule has 1 aliphatic carbocycles. The monoisotopic (exact) mass is 560 g/mol. The van der Waals surface area contributed by atoms with Gasteiger partial charge in [-0.15, -0.1) is 0 Å². The number of nitrogens with zero attached hydrogens (tertiary/aromatic N) is 3. The molecule has 1 N–H and O–H groups in total. The molecule has 214 valence electrons. The van der Waals surface area contributed by atoms with Gasteiger partial charge in [0.1, 0.15) is 5.82 Å². The number of aryl methyl sites for hydroxylation is 1. The zero-order valence-electron chi connectivity index (χ0n) is 23.9. The molecule has 0 spiro atoms. The van der Waals surface area contributed by atoms with E-state index in [1.54, 1.807) is 0 Å². The molecule has 8 rings (SSSR count). The lowest BCUT2D eigenvalue weighted by Gasteiger charge is -2.29. The predicted molar refractivity (Wildman–Crippen MR) is 164 cm³/mol. The van der Waals surface area contributed by atoms with E-state index in [9.17, 15) is 4.79 Å². The highest BCUT2D eigenvalue weighted by molar-refractivity contribution is 6.08. The highest BCUT2D eigenvalue weighted by atomic mass is 16.7. The summed E-state index contributed by atoms with van der Waals surface area (Å²) in [6.45, 7) is 4.32. The zero-order valence-corrected chi connectivity index (χ0v) is 23.9. The molecule has 0 unspecified atom stereocenters. The first kappa shape index (κ1) is 25.6. The van der Waals surface area contributed by atoms with Crippen LogP contribution < -0.4 is 14.8 Å². The summed E-state index contributed by atoms with van der Waals surface area (Å²) in [4.78, 5) is 24.2. The third kappa shape index (κ3) is 4.66. The van der Waals surface area contributed by atoms with E-state index in [1.165, 1.54) is 24.0 Å². The number of aromatic nitrogens is 1. The predicted octanol–water partition coefficient (Wildman–Crippen LogP) is 6.43. The fourth-order valence-electron chi connectivity index (χ4n) is 7.33. The van der Waals surface area contributed by atoms with Crippen molar-refractivity contribution in [3.05, 3.63) is 83.4 Å². The second kappa shape index (κ2) is 10.6. The number of benzene rings is 3. The van der Waals surface area contributed by atoms with E-state index in [-0.39, 0.29) is 24.8 Å². The summed E-state index contributed by atoms with van der Waals surface area (Å²) in [6, 6.07) is 23.3. The van der Waals surface area contributed by atoms with Gasteiger partial charge in [-0.2, -0.15) is 0 Å². The van der Waals surface area contributed by atoms with Gasteiger partial charge in [0.15, 0.2) is 11.5 Å². The number of rotatable bonds is 6. The molecule has 3 aliphatic heterocycles. The molecule has 2 fully saturated rings. The van der Waals surface area contributed by atoms with Crippen LogP contribution in [0.3, 0.4) is 0 Å². The second-order valence-corrected chi connectivity index (χ2v) is 12.1. The molecule has 0 saturated carbocycles. The number of amides is 1. The number of carbonyl (C=O) groups excluding carboxylic acids is 1. The maximum Gasteiger partial charge on any atom is 0.254 e. The van der Waals surface area contributed by atoms with E-state index in [0.29, 0.717) is 0 Å². The molecule has 0 bridgehead atoms. The largest absolute Gasteiger partial charge is 0.454 e. The minimum absolute atomic E-state index is 0.113. The number of nitrogens with one attached hydrogen (secondary N) is 1. The molecule has 1 amide bonds. The van der Waals surface area contributed by atoms with Gasteiger partial charge >= 0.3 is 0 Å². The number of anilines is 1. The number of pyridine rings is 1. The second-order valence-electron chi connectivity index (χ2n) is 12.1. The summed E-state index contributed by atoms with van der Waals surface area (Å²) < 4.78 is 11.2. The number of hydrogen-bond donors (Lipinski definition) is 1. The topological polar surface area (TPSA) is 66.9 Å². The van der Waals surface area contributed by atoms with Gasteiger partial charge in [0.25, 0.3) is 5.91 Å². The van der Waals surface area contributed by atoms with Gasteiger partial charge in [0.05, 0.1) is 17.1 Å². The molecular formula is C35H36N4O3. The molecule has 1 aromatic heterocycles. The number of ether oxygens (including phenoxy) is 2. The fraction of sp³-hybridized carbons (Fsp3) is 0.371. The summed E-state index contributed by atoms with van der Waals surface area (Å²) in [5.74, 6) is 2.39. The summed E-state index contributed by atoms with van der Waals surface area (Å²) >= 11 is 0. The Hall–Kier alpha value is -4.10. The summed E-state index contributed by atoms with van der Waals surface area (Å²) in [5, 5.41) is 4.59. The minimum atomic E-state index is 0.113. The van der Waals surface area contributed by atoms with Crippen molar-refractivity contribution >= 4 is 22.6 Å². The molecule has 7 heteroatoms. The van der Waals surface area contributed by atoms with Gasteiger partial charge in [0, 0.05) is 24.5 Å². The van der Waals surface area contributed by atoms with Crippen molar-refractivity contribution in [1.29, 1.82) is 0 Å². The van der Waals surface area contributed by atoms with Crippen molar-refractivity contribution in [2.75, 3.05) is 38.3 Å². The first-order chi connectivity index (χ1) is 20.7. The molecular weight excluding hydrogens is 524 g/mol. The third-order valence-electron chi connectivity index (χ3n) is 9.51. The Balaban J connectivity index is 1.18. The van der Waals surface area contributed by atoms with Gasteiger partial charge in [-0.25, -0.2) is 4.98 Å². The lowest BCUT2D eigenvalue weighted by Crippen LogP contribution is -2.42. The fourth-order valence-corrected chi connectivity index (χ4v) is 7.33. The van der Waals surface area contributed by atoms with Crippen LogP contribution >= 0.6 is 0 Å². The quantitative estimate of drug-likeness (QED) is 0.293. The van der Waals surface area contributed by atoms with Gasteiger partial charge in [-0.3, -0.25) is 4.79 Å². The Bertz CT molecular complexity index is 1660. The van der Waals surface area contributed by atoms with E-state index < -0.39 is 0 Å². The highest BCUT2D eigenvalue weighted by Gasteiger charge is 2.33. The van der Waals surface area contributed by atoms with E-state index in [4.69, 9.17) is 14.5 Å². The van der Waals surface area contributed by atoms with E-state index in [0.717, 1.165) is 96.8 Å². The van der Waals surface area contributed by atoms with Gasteiger partial charge < -0.3 is 24.6 Å². The maximum atomic E-state index is 14.4. The average molecular weight is 561 g/mol. The van der Waals surface area contributed by atoms with Crippen LogP contribution in [0.15, 0.2) is 66.7 Å². The maximum absolute atomic E-state index is 14.4. The number of likely N-dealkylation sites (tertiary alicyclic amines) is 2. The Morgan fingerprint density at radius 3 is 2.64 bits per heavy atom. The number of fused-ring (bicyclic) bond motifs is 3. The van der Waals surface area contributed by atoms with Crippen LogP contribution in [0.2, 0.25) is 0 Å². The minimum Gasteiger partial charge on any atom is -0.454 e. The lowest BCUT2D eigenvalue weighted by molar-refractivity contribution is 0.0710. The molecule has 7 nitrogen and oxygen atoms in total. The summed E-state index contributed by atoms with van der Waals surface area (Å²) in [7, 11) is 0. The van der Waals surface area contributed by atoms with Crippen molar-refractivity contribution in [3.8, 4) is 22.6 Å². The van der Waals surface area contributed by atoms with Gasteiger partial charge in [-0.05, 0) is 104 Å². The van der Waals surface area contributed by atoms with Crippen molar-refractivity contribution in [2.24, 2.45) is 0 Å². The molecule has 2 saturated heterocycles. The SMILES string of the molecule is O=C(c1cc(N[C@H]2CCc3ccccc32)nc2ccc(-c3ccc4c(c3)OCO4)cc12)N1CCC[C@H]1CN1CCCC1. The summed E-state index contributed by atoms with van der Waals surface area (Å²) in [6.07, 6.45) is 6.72. The van der Waals surface area contributed by atoms with Crippen molar-refractivity contribution in [3.63, 3.8) is 0 Å². The first-order valence-corrected chi connectivity index (χ1v) is 15.4. The normalized spacial score (nSPS) is 21.3. The van der Waals surface area contributed by atoms with E-state index in [2.05, 4.69) is 51.5 Å². The number of hydrogen-bond acceptors (Lipinski definition) is 6. The molecule has 4 aliphatic rings. The molecule has 4 aromatic rings. The van der Waals surface area contributed by atoms with Crippen LogP contribution in [0, 0.1) is 0 Å². The van der Waals surface area contributed by atoms with Crippen molar-refractivity contribution < 1.29 is 14.3 Å². The van der Waals surface area contributed by atoms with Crippen LogP contribution in [0.25, 0.3) is 22.0 Å². The first-order valence-electron chi connectivity index (χ1n) is 15.4. The van der Waals surface area contributed by atoms with Crippen molar-refractivity contribution in [1.82, 2.24) is 14.8 Å². The lowest BCUT2D eigenvalue weighted by atomic mass is 9.99. The highest BCUT2D eigenvalue weighted by Crippen LogP contribution is 2.38. The van der Waals surface area contributed by atoms with Crippen LogP contribution in [0.5, 0.6) is 11.5 Å². The van der Waals surface area contributed by atoms with E-state index in [1.807, 2.05) is 30.3 Å². The Kier molecular flexibility index (Phi) is 6.48. The Labute approximate surface area is 246 Å². The van der Waals surface area contributed by atoms with Crippen LogP contribution in [-0.4, -0.2) is 59.7 Å². The molecule has 42 heavy (non-hydrogen) atoms. The summed E-state index contributed by atoms with van der Waals surface area (Å²) in [5.41, 5.74) is 6.33. The molecule has 4 heterocycles. The molecule has 2 atom stereocenters. The van der Waals surface area contributed by atoms with Crippen LogP contribution in [0.4, 0.5) is 5.82 Å². The average Bonchev–Trinajstić information content (AvgIpc) is 3.85. The molecule has 3 aromatic carbocycles. The third-order valence-corrected chi connectivity index (χ3v) is 9.51. The Morgan fingerprint density at radius 1 is 0.881 bits per heavy atom. The Morgan fingerprint density at radius 2 is 1.71 bits per heavy atom. The smallest absolute Gasteiger partial charge is 0.254 e. The van der Waals surface area contributed by atoms with Crippen LogP contribution in [-0.2, 0) is 6.42 Å². The zero-order chi connectivity index (χ0) is 28.0. The van der Waals surface area contributed by atoms with E-state index >= 15 is 0 Å². The van der Waals surface area contributed by atoms with Gasteiger partial charge in [0.2, 0.25) is 6.79 Å². The number of carbonyl (C=O) groups is 1. The van der Waals surface area contributed by atoms with Crippen molar-refractivity contribution in [2.45, 2.75) is 50.6 Å². The van der Waals surface area contributed by atoms with Gasteiger partial charge in [-0.1, -0.05) is 36.4 Å². The van der Waals surface area contributed by atoms with Crippen LogP contribution in [0.1, 0.15) is 59.6 Å². The molecule has 0 radical (unpaired) electrons.